The summed E-state index contributed by atoms with van der Waals surface area (Å²) in [4.78, 5) is 86.3. The fourth-order valence-electron chi connectivity index (χ4n) is 27.2. The summed E-state index contributed by atoms with van der Waals surface area (Å²) in [5, 5.41) is 85.6. The Hall–Kier alpha value is -10.6. The maximum atomic E-state index is 17.5. The van der Waals surface area contributed by atoms with Gasteiger partial charge in [-0.3, -0.25) is 33.6 Å². The quantitative estimate of drug-likeness (QED) is 0.0198. The average molecular weight is 1870 g/mol. The zero-order chi connectivity index (χ0) is 97.5. The van der Waals surface area contributed by atoms with Crippen molar-refractivity contribution in [3.8, 4) is 0 Å². The van der Waals surface area contributed by atoms with Crippen molar-refractivity contribution in [3.63, 3.8) is 0 Å². The number of nitrogen functional groups attached to an aromatic ring is 2. The normalized spacial score (nSPS) is 40.4. The van der Waals surface area contributed by atoms with Gasteiger partial charge in [0.25, 0.3) is 0 Å². The number of Topliss-reactive ketones (excluding diaryl/α,β-unsaturated/α-hetero) is 3. The van der Waals surface area contributed by atoms with E-state index in [1.54, 1.807) is 13.8 Å². The van der Waals surface area contributed by atoms with E-state index in [9.17, 15) is 74.4 Å². The first-order valence-corrected chi connectivity index (χ1v) is 46.4. The van der Waals surface area contributed by atoms with Crippen molar-refractivity contribution in [1.82, 2.24) is 0 Å². The monoisotopic (exact) mass is 1870 g/mol. The van der Waals surface area contributed by atoms with Crippen LogP contribution in [0.4, 0.5) is 37.7 Å². The van der Waals surface area contributed by atoms with Gasteiger partial charge in [0, 0.05) is 78.3 Å². The van der Waals surface area contributed by atoms with E-state index in [1.807, 2.05) is 158 Å². The number of allylic oxidation sites excluding steroid dienone is 12. The van der Waals surface area contributed by atoms with Gasteiger partial charge in [-0.2, -0.15) is 0 Å². The Kier molecular flexibility index (Phi) is 25.2. The van der Waals surface area contributed by atoms with Gasteiger partial charge < -0.3 is 71.3 Å². The summed E-state index contributed by atoms with van der Waals surface area (Å²) >= 11 is 0. The van der Waals surface area contributed by atoms with E-state index in [1.165, 1.54) is 69.2 Å². The number of benzene rings is 6. The number of rotatable bonds is 15. The van der Waals surface area contributed by atoms with Crippen molar-refractivity contribution >= 4 is 88.8 Å². The third-order valence-corrected chi connectivity index (χ3v) is 34.0. The summed E-state index contributed by atoms with van der Waals surface area (Å²) in [6.45, 7) is 8.94. The fourth-order valence-corrected chi connectivity index (χ4v) is 27.2. The van der Waals surface area contributed by atoms with Gasteiger partial charge in [-0.25, -0.2) is 26.3 Å². The second-order valence-electron chi connectivity index (χ2n) is 40.8. The van der Waals surface area contributed by atoms with Crippen molar-refractivity contribution in [3.05, 3.63) is 273 Å². The Morgan fingerprint density at radius 2 is 0.721 bits per heavy atom. The van der Waals surface area contributed by atoms with Crippen LogP contribution in [0.2, 0.25) is 0 Å². The van der Waals surface area contributed by atoms with Crippen LogP contribution < -0.4 is 11.5 Å². The molecule has 0 spiro atoms. The number of aldehydes is 1. The molecule has 2 aliphatic heterocycles. The van der Waals surface area contributed by atoms with Crippen LogP contribution in [0.3, 0.4) is 0 Å². The molecular formula is C109H114F6N2O19. The minimum atomic E-state index is -2.37. The third kappa shape index (κ3) is 14.8. The summed E-state index contributed by atoms with van der Waals surface area (Å²) in [6.07, 6.45) is 7.65. The lowest BCUT2D eigenvalue weighted by Gasteiger charge is -2.63. The molecule has 11 fully saturated rings. The zero-order valence-electron chi connectivity index (χ0n) is 76.4. The molecule has 136 heavy (non-hydrogen) atoms. The largest absolute Gasteiger partial charge is 0.399 e. The smallest absolute Gasteiger partial charge is 0.193 e. The number of aliphatic hydroxyl groups excluding tert-OH is 7. The molecule has 6 aromatic rings. The number of anilines is 2. The van der Waals surface area contributed by atoms with Crippen LogP contribution in [-0.4, -0.2) is 191 Å². The SMILES string of the molecule is C[C@]12C=CC(=O)C=C1[C@@H](F)C[C@H]1[C@@H]3C[C@@H](O)[C@](O)(C(=O)CO)[C@@]3(C)C[C@H](O)[C@@]12F.C[C@]12C=CC(=O)C=C1[C@@H](F)C[C@H]1[C@@H]3C[C@H]4O[C@@H](c5ccc(/C=C/c6cccc(N)c6)cc5)O[C@@]4(C(=O)CO)[C@@]3(C)C[C@H](O)[C@@]12F.C[C@]12C=CC(=O)C=C1[C@@H](F)C[C@H]1[C@@H]3C[C@H]4O[C@H](c5ccc(/C=C/c6cccc(N)c6)cc5)O[C@@]4(C(=O)CO)[C@@]3(C)C[C@H](O)[C@@]12F.Cc1cccc(/C=C/c2ccc(C=O)cc2)c1. The lowest BCUT2D eigenvalue weighted by atomic mass is 9.44. The Morgan fingerprint density at radius 1 is 0.404 bits per heavy atom. The number of ether oxygens (including phenoxy) is 4. The molecule has 716 valence electrons. The lowest BCUT2D eigenvalue weighted by molar-refractivity contribution is -0.235. The number of aryl methyl sites for hydroxylation is 1. The second-order valence-corrected chi connectivity index (χ2v) is 40.8. The standard InChI is InChI=1S/2C36H37F2NO6.C21H26F2O6.C16H14O/c2*1-33-13-12-24(41)15-27(33)28(37)16-26-25-17-31-36(30(43)19-40,34(25,2)18-29(42)35(26,33)38)45-32(44-31)22-10-8-20(9-11-22)6-7-21-4-3-5-23(39)14-21;1-18-4-3-10(25)5-13(18)14(22)6-12-11-7-15(26)21(29,17(28)9-24)19(11,2)8-16(27)20(12,18)23;1-13-3-2-4-15(11-13)8-5-14-6-9-16(12-17)10-7-14/h2*3-15,25-26,28-29,31-32,40,42H,16-19,39H2,1-2H3;3-5,11-12,14-16,24,26-27,29H,6-9H2,1-2H3;2-12H,1H3/b2*7-6+;;8-5+/t25-,26-,28-,29-,31+,32+,33-,34-,35-,36+;25-,26-,28-,29-,31+,32-,33-,34-,35-,36+;11-,12-,14-,15+,16-,18-,19-,20-,21-;/m000./s1. The van der Waals surface area contributed by atoms with Crippen LogP contribution in [0, 0.1) is 74.9 Å². The highest BCUT2D eigenvalue weighted by Gasteiger charge is 2.83. The maximum absolute atomic E-state index is 17.5. The third-order valence-electron chi connectivity index (χ3n) is 34.0. The molecule has 9 saturated carbocycles. The van der Waals surface area contributed by atoms with Crippen molar-refractivity contribution in [2.24, 2.45) is 68.0 Å². The minimum absolute atomic E-state index is 0.0216. The highest BCUT2D eigenvalue weighted by molar-refractivity contribution is 6.03. The first-order valence-electron chi connectivity index (χ1n) is 46.4. The molecule has 27 heteroatoms. The first-order chi connectivity index (χ1) is 64.4. The molecule has 21 nitrogen and oxygen atoms in total. The Bertz CT molecular complexity index is 5830. The van der Waals surface area contributed by atoms with Gasteiger partial charge in [0.2, 0.25) is 0 Å². The molecule has 14 aliphatic rings. The molecule has 0 bridgehead atoms. The van der Waals surface area contributed by atoms with Crippen LogP contribution >= 0.6 is 0 Å². The first kappa shape index (κ1) is 97.0. The predicted octanol–water partition coefficient (Wildman–Crippen LogP) is 14.7. The van der Waals surface area contributed by atoms with Crippen LogP contribution in [0.15, 0.2) is 217 Å². The number of fused-ring (bicyclic) bond motifs is 19. The van der Waals surface area contributed by atoms with Gasteiger partial charge in [0.05, 0.1) is 36.6 Å². The molecule has 0 amide bonds. The Morgan fingerprint density at radius 3 is 1.06 bits per heavy atom. The van der Waals surface area contributed by atoms with E-state index in [-0.39, 0.29) is 74.5 Å². The number of hydrogen-bond donors (Lipinski definition) is 10. The van der Waals surface area contributed by atoms with Gasteiger partial charge in [0.1, 0.15) is 44.6 Å². The predicted molar refractivity (Wildman–Crippen MR) is 497 cm³/mol. The molecule has 12 N–H and O–H groups in total. The summed E-state index contributed by atoms with van der Waals surface area (Å²) < 4.78 is 125. The Balaban J connectivity index is 0.000000133. The van der Waals surface area contributed by atoms with Gasteiger partial charge in [-0.15, -0.1) is 0 Å². The summed E-state index contributed by atoms with van der Waals surface area (Å²) in [7, 11) is 0. The molecule has 12 aliphatic carbocycles. The van der Waals surface area contributed by atoms with Crippen LogP contribution in [0.25, 0.3) is 36.5 Å². The van der Waals surface area contributed by atoms with E-state index >= 15 is 26.3 Å². The highest BCUT2D eigenvalue weighted by atomic mass is 19.2. The molecule has 6 aromatic carbocycles. The van der Waals surface area contributed by atoms with Crippen molar-refractivity contribution in [2.45, 2.75) is 208 Å². The van der Waals surface area contributed by atoms with Crippen LogP contribution in [-0.2, 0) is 47.7 Å². The van der Waals surface area contributed by atoms with E-state index in [0.717, 1.165) is 58.4 Å². The number of carbonyl (C=O) groups is 7. The number of nitrogens with two attached hydrogens (primary N) is 2. The second kappa shape index (κ2) is 35.4. The topological polar surface area (TPSA) is 370 Å². The van der Waals surface area contributed by atoms with Crippen LogP contribution in [0.5, 0.6) is 0 Å². The van der Waals surface area contributed by atoms with Crippen LogP contribution in [0.1, 0.15) is 172 Å². The molecule has 2 saturated heterocycles. The van der Waals surface area contributed by atoms with Crippen molar-refractivity contribution < 1.29 is 120 Å². The van der Waals surface area contributed by atoms with Gasteiger partial charge in [-0.1, -0.05) is 202 Å². The maximum Gasteiger partial charge on any atom is 0.193 e. The molecular weight excluding hydrogens is 1760 g/mol. The molecule has 0 radical (unpaired) electrons. The van der Waals surface area contributed by atoms with Crippen molar-refractivity contribution in [2.75, 3.05) is 31.3 Å². The van der Waals surface area contributed by atoms with E-state index < -0.39 is 224 Å². The number of hydrogen-bond acceptors (Lipinski definition) is 21. The van der Waals surface area contributed by atoms with E-state index in [0.29, 0.717) is 28.1 Å². The molecule has 2 heterocycles. The fraction of sp³-hybridized carbons (Fsp3) is 0.440. The summed E-state index contributed by atoms with van der Waals surface area (Å²) in [5.74, 6) is -8.61. The molecule has 29 atom stereocenters. The number of aliphatic hydroxyl groups is 8. The zero-order valence-corrected chi connectivity index (χ0v) is 76.4. The van der Waals surface area contributed by atoms with Gasteiger partial charge in [0.15, 0.2) is 81.1 Å². The molecule has 0 aromatic heterocycles. The van der Waals surface area contributed by atoms with Gasteiger partial charge >= 0.3 is 0 Å². The van der Waals surface area contributed by atoms with E-state index in [4.69, 9.17) is 30.4 Å². The Labute approximate surface area is 784 Å². The molecule has 20 rings (SSSR count). The summed E-state index contributed by atoms with van der Waals surface area (Å²) in [5.41, 5.74) is 1.36. The minimum Gasteiger partial charge on any atom is -0.399 e. The number of alkyl halides is 6. The number of halogens is 6. The highest BCUT2D eigenvalue weighted by Crippen LogP contribution is 2.76. The summed E-state index contributed by atoms with van der Waals surface area (Å²) in [6, 6.07) is 45.8. The van der Waals surface area contributed by atoms with Gasteiger partial charge in [-0.05, 0) is 214 Å². The molecule has 0 unspecified atom stereocenters. The number of carbonyl (C=O) groups excluding carboxylic acids is 7. The van der Waals surface area contributed by atoms with E-state index in [2.05, 4.69) is 31.2 Å². The lowest BCUT2D eigenvalue weighted by Crippen LogP contribution is -2.70. The average Bonchev–Trinajstić information content (AvgIpc) is 1.46. The van der Waals surface area contributed by atoms with Crippen molar-refractivity contribution in [1.29, 1.82) is 0 Å². The number of ketones is 6.